The number of benzene rings is 1. The van der Waals surface area contributed by atoms with Crippen molar-refractivity contribution in [1.29, 1.82) is 0 Å². The number of aromatic hydroxyl groups is 1. The van der Waals surface area contributed by atoms with Gasteiger partial charge in [-0.05, 0) is 0 Å². The number of fused-ring (bicyclic) bond motifs is 2. The molecule has 0 saturated carbocycles. The standard InChI is InChI=1S/C20H17BrINO2SeSi/c1-3-27(4-2)16-9-11(24)5-6-13(16)23-14-7-8-15(25)18(20(14)27)19-12(21)10-17(22)26-19/h5-10,25H,3-4H2,1-2H3. The summed E-state index contributed by atoms with van der Waals surface area (Å²) >= 11 is 6.24. The van der Waals surface area contributed by atoms with Gasteiger partial charge in [0.05, 0.1) is 0 Å². The van der Waals surface area contributed by atoms with E-state index in [1.54, 1.807) is 18.2 Å². The zero-order chi connectivity index (χ0) is 19.3. The van der Waals surface area contributed by atoms with E-state index in [-0.39, 0.29) is 20.3 Å². The van der Waals surface area contributed by atoms with Crippen LogP contribution in [0.5, 0.6) is 5.75 Å². The van der Waals surface area contributed by atoms with E-state index in [0.717, 1.165) is 38.7 Å². The zero-order valence-corrected chi connectivity index (χ0v) is 21.3. The van der Waals surface area contributed by atoms with Gasteiger partial charge >= 0.3 is 189 Å². The molecule has 27 heavy (non-hydrogen) atoms. The van der Waals surface area contributed by atoms with Crippen molar-refractivity contribution in [2.75, 3.05) is 0 Å². The van der Waals surface area contributed by atoms with Crippen molar-refractivity contribution in [3.8, 4) is 15.8 Å². The Morgan fingerprint density at radius 1 is 1.26 bits per heavy atom. The van der Waals surface area contributed by atoms with Crippen molar-refractivity contribution in [3.05, 3.63) is 48.5 Å². The second-order valence-electron chi connectivity index (χ2n) is 6.66. The van der Waals surface area contributed by atoms with E-state index in [2.05, 4.69) is 58.4 Å². The Morgan fingerprint density at radius 2 is 2.00 bits per heavy atom. The molecule has 0 saturated heterocycles. The van der Waals surface area contributed by atoms with Gasteiger partial charge in [-0.25, -0.2) is 0 Å². The van der Waals surface area contributed by atoms with Gasteiger partial charge in [0.15, 0.2) is 0 Å². The Kier molecular flexibility index (Phi) is 5.26. The van der Waals surface area contributed by atoms with Gasteiger partial charge in [-0.15, -0.1) is 0 Å². The molecule has 7 heteroatoms. The van der Waals surface area contributed by atoms with Crippen LogP contribution in [0.4, 0.5) is 5.69 Å². The molecular formula is C20H17BrINO2SeSi. The fourth-order valence-corrected chi connectivity index (χ4v) is 13.8. The van der Waals surface area contributed by atoms with Crippen LogP contribution in [0.15, 0.2) is 51.1 Å². The van der Waals surface area contributed by atoms with E-state index in [0.29, 0.717) is 5.75 Å². The number of phenols is 1. The molecule has 0 spiro atoms. The summed E-state index contributed by atoms with van der Waals surface area (Å²) in [6.07, 6.45) is 5.25. The number of nitrogens with zero attached hydrogens (tertiary/aromatic N) is 1. The van der Waals surface area contributed by atoms with Crippen LogP contribution >= 0.6 is 38.5 Å². The fourth-order valence-electron chi connectivity index (χ4n) is 4.14. The number of carbonyl (C=O) groups excluding carboxylic acids is 1. The van der Waals surface area contributed by atoms with Gasteiger partial charge < -0.3 is 0 Å². The van der Waals surface area contributed by atoms with E-state index < -0.39 is 8.07 Å². The third-order valence-corrected chi connectivity index (χ3v) is 15.4. The third kappa shape index (κ3) is 3.02. The molecule has 138 valence electrons. The number of allylic oxidation sites excluding steroid dienone is 4. The van der Waals surface area contributed by atoms with Crippen LogP contribution in [0.3, 0.4) is 0 Å². The van der Waals surface area contributed by atoms with Crippen LogP contribution in [0.1, 0.15) is 13.8 Å². The van der Waals surface area contributed by atoms with Gasteiger partial charge in [-0.2, -0.15) is 0 Å². The molecule has 1 N–H and O–H groups in total. The van der Waals surface area contributed by atoms with Gasteiger partial charge in [0.1, 0.15) is 0 Å². The monoisotopic (exact) mass is 617 g/mol. The maximum atomic E-state index is 12.2. The summed E-state index contributed by atoms with van der Waals surface area (Å²) in [4.78, 5) is 17.1. The number of carbonyl (C=O) groups is 1. The predicted molar refractivity (Wildman–Crippen MR) is 127 cm³/mol. The molecule has 0 radical (unpaired) electrons. The molecule has 0 atom stereocenters. The van der Waals surface area contributed by atoms with Crippen molar-refractivity contribution >= 4 is 83.5 Å². The first-order chi connectivity index (χ1) is 12.9. The first-order valence-electron chi connectivity index (χ1n) is 8.76. The number of halogens is 2. The molecule has 4 rings (SSSR count). The molecule has 2 aromatic rings. The van der Waals surface area contributed by atoms with Gasteiger partial charge in [0.2, 0.25) is 0 Å². The first-order valence-corrected chi connectivity index (χ1v) is 14.8. The quantitative estimate of drug-likeness (QED) is 0.304. The normalized spacial score (nSPS) is 17.3. The number of ketones is 1. The molecule has 0 amide bonds. The van der Waals surface area contributed by atoms with Crippen LogP contribution in [-0.4, -0.2) is 39.2 Å². The summed E-state index contributed by atoms with van der Waals surface area (Å²) < 4.78 is 3.53. The molecular weight excluding hydrogens is 600 g/mol. The average Bonchev–Trinajstić information content (AvgIpc) is 2.98. The van der Waals surface area contributed by atoms with Crippen molar-refractivity contribution in [1.82, 2.24) is 0 Å². The summed E-state index contributed by atoms with van der Waals surface area (Å²) in [6.45, 7) is 4.43. The molecule has 0 bridgehead atoms. The number of phenolic OH excluding ortho intramolecular Hbond substituents is 1. The van der Waals surface area contributed by atoms with Crippen LogP contribution < -0.4 is 5.19 Å². The maximum absolute atomic E-state index is 12.2. The van der Waals surface area contributed by atoms with E-state index in [9.17, 15) is 9.90 Å². The minimum absolute atomic E-state index is 0.0366. The molecule has 2 heterocycles. The van der Waals surface area contributed by atoms with Crippen LogP contribution in [0.25, 0.3) is 10.0 Å². The predicted octanol–water partition coefficient (Wildman–Crippen LogP) is 4.87. The van der Waals surface area contributed by atoms with E-state index in [1.807, 2.05) is 12.1 Å². The molecule has 0 unspecified atom stereocenters. The third-order valence-electron chi connectivity index (χ3n) is 5.46. The Labute approximate surface area is 187 Å². The number of rotatable bonds is 3. The van der Waals surface area contributed by atoms with Crippen molar-refractivity contribution < 1.29 is 9.90 Å². The molecule has 1 aliphatic carbocycles. The zero-order valence-electron chi connectivity index (χ0n) is 14.8. The molecule has 1 aromatic heterocycles. The SMILES string of the molecule is CC[Si]1(CC)C2=CC(=O)C=CC2=Nc2ccc(O)c(-c3[se]c(I)cc3Br)c21. The van der Waals surface area contributed by atoms with E-state index in [4.69, 9.17) is 4.99 Å². The fraction of sp³-hybridized carbons (Fsp3) is 0.200. The molecule has 1 aliphatic heterocycles. The van der Waals surface area contributed by atoms with Gasteiger partial charge in [-0.3, -0.25) is 0 Å². The number of aliphatic imine (C=N–C) groups is 1. The average molecular weight is 617 g/mol. The number of hydrogen-bond acceptors (Lipinski definition) is 3. The van der Waals surface area contributed by atoms with Crippen LogP contribution in [0, 0.1) is 2.44 Å². The minimum atomic E-state index is -2.22. The van der Waals surface area contributed by atoms with Crippen molar-refractivity contribution in [2.24, 2.45) is 4.99 Å². The second kappa shape index (κ2) is 7.26. The van der Waals surface area contributed by atoms with Crippen LogP contribution in [0.2, 0.25) is 12.1 Å². The Hall–Kier alpha value is -0.734. The summed E-state index contributed by atoms with van der Waals surface area (Å²) in [5.41, 5.74) is 2.82. The summed E-state index contributed by atoms with van der Waals surface area (Å²) in [5.74, 6) is 0.354. The first kappa shape index (κ1) is 19.6. The Balaban J connectivity index is 2.13. The summed E-state index contributed by atoms with van der Waals surface area (Å²) in [5, 5.41) is 13.2. The van der Waals surface area contributed by atoms with Gasteiger partial charge in [-0.1, -0.05) is 0 Å². The van der Waals surface area contributed by atoms with Crippen molar-refractivity contribution in [2.45, 2.75) is 25.9 Å². The van der Waals surface area contributed by atoms with Gasteiger partial charge in [0, 0.05) is 0 Å². The summed E-state index contributed by atoms with van der Waals surface area (Å²) in [6, 6.07) is 7.79. The van der Waals surface area contributed by atoms with Gasteiger partial charge in [0.25, 0.3) is 0 Å². The molecule has 1 aromatic carbocycles. The molecule has 0 fully saturated rings. The van der Waals surface area contributed by atoms with Crippen LogP contribution in [-0.2, 0) is 4.79 Å². The Morgan fingerprint density at radius 3 is 2.63 bits per heavy atom. The molecule has 3 nitrogen and oxygen atoms in total. The molecule has 2 aliphatic rings. The summed E-state index contributed by atoms with van der Waals surface area (Å²) in [7, 11) is -2.22. The number of hydrogen-bond donors (Lipinski definition) is 1. The van der Waals surface area contributed by atoms with E-state index in [1.165, 1.54) is 12.1 Å². The second-order valence-corrected chi connectivity index (χ2v) is 17.1. The Bertz CT molecular complexity index is 1070. The topological polar surface area (TPSA) is 49.7 Å². The van der Waals surface area contributed by atoms with E-state index >= 15 is 0 Å². The van der Waals surface area contributed by atoms with Crippen molar-refractivity contribution in [3.63, 3.8) is 0 Å².